The highest BCUT2D eigenvalue weighted by Crippen LogP contribution is 2.49. The molecule has 1 saturated carbocycles. The van der Waals surface area contributed by atoms with Gasteiger partial charge in [0, 0.05) is 10.6 Å². The highest BCUT2D eigenvalue weighted by atomic mass is 35.5. The zero-order chi connectivity index (χ0) is 11.9. The minimum Gasteiger partial charge on any atom is -0.385 e. The zero-order valence-corrected chi connectivity index (χ0v) is 10.3. The SMILES string of the molecule is CC(C)C1CC(O)(c2ccc(Cl)cc2F)C1. The lowest BCUT2D eigenvalue weighted by atomic mass is 9.63. The second-order valence-corrected chi connectivity index (χ2v) is 5.50. The first-order valence-corrected chi connectivity index (χ1v) is 5.98. The maximum atomic E-state index is 13.7. The molecular weight excluding hydrogens is 227 g/mol. The predicted molar refractivity (Wildman–Crippen MR) is 62.9 cm³/mol. The van der Waals surface area contributed by atoms with Crippen LogP contribution in [0.5, 0.6) is 0 Å². The molecule has 0 atom stereocenters. The van der Waals surface area contributed by atoms with Crippen LogP contribution >= 0.6 is 11.6 Å². The van der Waals surface area contributed by atoms with E-state index in [-0.39, 0.29) is 0 Å². The van der Waals surface area contributed by atoms with Crippen molar-refractivity contribution in [2.75, 3.05) is 0 Å². The van der Waals surface area contributed by atoms with E-state index >= 15 is 0 Å². The number of rotatable bonds is 2. The molecule has 3 heteroatoms. The van der Waals surface area contributed by atoms with Gasteiger partial charge >= 0.3 is 0 Å². The molecule has 88 valence electrons. The van der Waals surface area contributed by atoms with E-state index in [0.717, 1.165) is 0 Å². The quantitative estimate of drug-likeness (QED) is 0.838. The Morgan fingerprint density at radius 3 is 2.56 bits per heavy atom. The number of benzene rings is 1. The molecule has 0 spiro atoms. The number of hydrogen-bond donors (Lipinski definition) is 1. The van der Waals surface area contributed by atoms with Crippen LogP contribution in [0.3, 0.4) is 0 Å². The Morgan fingerprint density at radius 2 is 2.06 bits per heavy atom. The summed E-state index contributed by atoms with van der Waals surface area (Å²) in [6, 6.07) is 4.48. The lowest BCUT2D eigenvalue weighted by Crippen LogP contribution is -2.43. The summed E-state index contributed by atoms with van der Waals surface area (Å²) in [7, 11) is 0. The highest BCUT2D eigenvalue weighted by molar-refractivity contribution is 6.30. The Labute approximate surface area is 100 Å². The van der Waals surface area contributed by atoms with Crippen molar-refractivity contribution < 1.29 is 9.50 Å². The van der Waals surface area contributed by atoms with Crippen molar-refractivity contribution in [1.82, 2.24) is 0 Å². The fourth-order valence-corrected chi connectivity index (χ4v) is 2.52. The molecule has 0 amide bonds. The number of hydrogen-bond acceptors (Lipinski definition) is 1. The summed E-state index contributed by atoms with van der Waals surface area (Å²) in [6.07, 6.45) is 1.28. The van der Waals surface area contributed by atoms with Crippen LogP contribution in [0.2, 0.25) is 5.02 Å². The summed E-state index contributed by atoms with van der Waals surface area (Å²) in [5.41, 5.74) is -0.599. The van der Waals surface area contributed by atoms with Crippen LogP contribution in [0.15, 0.2) is 18.2 Å². The number of aliphatic hydroxyl groups is 1. The molecule has 0 radical (unpaired) electrons. The lowest BCUT2D eigenvalue weighted by Gasteiger charge is -2.46. The van der Waals surface area contributed by atoms with Gasteiger partial charge in [-0.3, -0.25) is 0 Å². The molecule has 1 aromatic carbocycles. The maximum Gasteiger partial charge on any atom is 0.130 e. The molecule has 16 heavy (non-hydrogen) atoms. The van der Waals surface area contributed by atoms with E-state index in [1.54, 1.807) is 12.1 Å². The number of halogens is 2. The average molecular weight is 243 g/mol. The Bertz CT molecular complexity index is 397. The smallest absolute Gasteiger partial charge is 0.130 e. The topological polar surface area (TPSA) is 20.2 Å². The van der Waals surface area contributed by atoms with Crippen molar-refractivity contribution in [1.29, 1.82) is 0 Å². The van der Waals surface area contributed by atoms with Gasteiger partial charge in [-0.25, -0.2) is 4.39 Å². The molecule has 1 N–H and O–H groups in total. The molecular formula is C13H16ClFO. The second-order valence-electron chi connectivity index (χ2n) is 5.07. The van der Waals surface area contributed by atoms with Gasteiger partial charge in [-0.2, -0.15) is 0 Å². The molecule has 1 aliphatic rings. The summed E-state index contributed by atoms with van der Waals surface area (Å²) in [6.45, 7) is 4.25. The molecule has 0 saturated heterocycles. The van der Waals surface area contributed by atoms with E-state index < -0.39 is 11.4 Å². The summed E-state index contributed by atoms with van der Waals surface area (Å²) >= 11 is 5.69. The average Bonchev–Trinajstić information content (AvgIpc) is 2.12. The van der Waals surface area contributed by atoms with Gasteiger partial charge in [-0.15, -0.1) is 0 Å². The second kappa shape index (κ2) is 4.01. The Balaban J connectivity index is 2.20. The first-order valence-electron chi connectivity index (χ1n) is 5.60. The molecule has 0 heterocycles. The fourth-order valence-electron chi connectivity index (χ4n) is 2.37. The van der Waals surface area contributed by atoms with Crippen molar-refractivity contribution in [2.45, 2.75) is 32.3 Å². The van der Waals surface area contributed by atoms with Gasteiger partial charge in [-0.05, 0) is 36.8 Å². The summed E-state index contributed by atoms with van der Waals surface area (Å²) in [5, 5.41) is 10.7. The zero-order valence-electron chi connectivity index (χ0n) is 9.50. The van der Waals surface area contributed by atoms with Crippen molar-refractivity contribution >= 4 is 11.6 Å². The molecule has 2 rings (SSSR count). The standard InChI is InChI=1S/C13H16ClFO/c1-8(2)9-6-13(16,7-9)11-4-3-10(14)5-12(11)15/h3-5,8-9,16H,6-7H2,1-2H3. The lowest BCUT2D eigenvalue weighted by molar-refractivity contribution is -0.0955. The molecule has 0 unspecified atom stereocenters. The van der Waals surface area contributed by atoms with Crippen molar-refractivity contribution in [3.63, 3.8) is 0 Å². The fraction of sp³-hybridized carbons (Fsp3) is 0.538. The Morgan fingerprint density at radius 1 is 1.44 bits per heavy atom. The van der Waals surface area contributed by atoms with Crippen molar-refractivity contribution in [2.24, 2.45) is 11.8 Å². The summed E-state index contributed by atoms with van der Waals surface area (Å²) in [4.78, 5) is 0. The van der Waals surface area contributed by atoms with E-state index in [4.69, 9.17) is 11.6 Å². The third kappa shape index (κ3) is 1.96. The normalized spacial score (nSPS) is 29.2. The van der Waals surface area contributed by atoms with Gasteiger partial charge < -0.3 is 5.11 Å². The van der Waals surface area contributed by atoms with Gasteiger partial charge in [0.1, 0.15) is 5.82 Å². The molecule has 1 nitrogen and oxygen atoms in total. The van der Waals surface area contributed by atoms with Gasteiger partial charge in [0.15, 0.2) is 0 Å². The highest BCUT2D eigenvalue weighted by Gasteiger charge is 2.46. The molecule has 1 aliphatic carbocycles. The molecule has 1 aromatic rings. The summed E-state index contributed by atoms with van der Waals surface area (Å²) < 4.78 is 13.7. The molecule has 0 aromatic heterocycles. The monoisotopic (exact) mass is 242 g/mol. The largest absolute Gasteiger partial charge is 0.385 e. The van der Waals surface area contributed by atoms with Crippen LogP contribution in [0, 0.1) is 17.7 Å². The minimum absolute atomic E-state index is 0.365. The predicted octanol–water partition coefficient (Wildman–Crippen LogP) is 3.73. The van der Waals surface area contributed by atoms with Gasteiger partial charge in [-0.1, -0.05) is 31.5 Å². The van der Waals surface area contributed by atoms with E-state index in [1.807, 2.05) is 0 Å². The molecule has 0 bridgehead atoms. The van der Waals surface area contributed by atoms with Crippen LogP contribution in [0.1, 0.15) is 32.3 Å². The van der Waals surface area contributed by atoms with Crippen molar-refractivity contribution in [3.05, 3.63) is 34.6 Å². The van der Waals surface area contributed by atoms with E-state index in [1.165, 1.54) is 6.07 Å². The Kier molecular flexibility index (Phi) is 2.97. The molecule has 1 fully saturated rings. The Hall–Kier alpha value is -0.600. The maximum absolute atomic E-state index is 13.7. The van der Waals surface area contributed by atoms with Crippen LogP contribution in [0.25, 0.3) is 0 Å². The van der Waals surface area contributed by atoms with Gasteiger partial charge in [0.2, 0.25) is 0 Å². The van der Waals surface area contributed by atoms with Crippen LogP contribution in [-0.2, 0) is 5.60 Å². The van der Waals surface area contributed by atoms with Crippen molar-refractivity contribution in [3.8, 4) is 0 Å². The third-order valence-corrected chi connectivity index (χ3v) is 3.81. The first-order chi connectivity index (χ1) is 7.42. The van der Waals surface area contributed by atoms with Crippen LogP contribution in [-0.4, -0.2) is 5.11 Å². The van der Waals surface area contributed by atoms with E-state index in [0.29, 0.717) is 35.3 Å². The first kappa shape index (κ1) is 11.9. The third-order valence-electron chi connectivity index (χ3n) is 3.58. The summed E-state index contributed by atoms with van der Waals surface area (Å²) in [5.74, 6) is 0.618. The van der Waals surface area contributed by atoms with Gasteiger partial charge in [0.05, 0.1) is 5.60 Å². The van der Waals surface area contributed by atoms with Crippen LogP contribution < -0.4 is 0 Å². The molecule has 0 aliphatic heterocycles. The minimum atomic E-state index is -0.983. The van der Waals surface area contributed by atoms with E-state index in [2.05, 4.69) is 13.8 Å². The van der Waals surface area contributed by atoms with Gasteiger partial charge in [0.25, 0.3) is 0 Å². The van der Waals surface area contributed by atoms with Crippen LogP contribution in [0.4, 0.5) is 4.39 Å². The van der Waals surface area contributed by atoms with E-state index in [9.17, 15) is 9.50 Å².